The molecule has 0 saturated carbocycles. The molecule has 0 rings (SSSR count). The summed E-state index contributed by atoms with van der Waals surface area (Å²) < 4.78 is 54.9. The Morgan fingerprint density at radius 3 is 2.07 bits per heavy atom. The first-order valence-electron chi connectivity index (χ1n) is 4.14. The van der Waals surface area contributed by atoms with E-state index in [2.05, 4.69) is 0 Å². The van der Waals surface area contributed by atoms with Crippen molar-refractivity contribution in [3.63, 3.8) is 0 Å². The minimum absolute atomic E-state index is 0. The van der Waals surface area contributed by atoms with Crippen LogP contribution in [0.2, 0.25) is 0 Å². The number of hydrogen-bond donors (Lipinski definition) is 0. The van der Waals surface area contributed by atoms with Gasteiger partial charge in [0, 0.05) is 6.42 Å². The van der Waals surface area contributed by atoms with Crippen molar-refractivity contribution in [3.8, 4) is 0 Å². The monoisotopic (exact) mass is 222 g/mol. The molecule has 0 unspecified atom stereocenters. The average molecular weight is 222 g/mol. The second-order valence-electron chi connectivity index (χ2n) is 2.90. The molecule has 0 aliphatic rings. The van der Waals surface area contributed by atoms with Crippen LogP contribution in [0, 0.1) is 0 Å². The van der Waals surface area contributed by atoms with Crippen LogP contribution >= 0.6 is 0 Å². The first kappa shape index (κ1) is 16.8. The molecule has 3 nitrogen and oxygen atoms in total. The van der Waals surface area contributed by atoms with E-state index < -0.39 is 21.8 Å². The average Bonchev–Trinajstić information content (AvgIpc) is 1.96. The number of alkyl halides is 2. The van der Waals surface area contributed by atoms with Gasteiger partial charge < -0.3 is 4.55 Å². The molecule has 0 aliphatic carbocycles. The van der Waals surface area contributed by atoms with Gasteiger partial charge in [0.2, 0.25) is 0 Å². The maximum atomic E-state index is 12.5. The van der Waals surface area contributed by atoms with Gasteiger partial charge in [-0.15, -0.1) is 0 Å². The van der Waals surface area contributed by atoms with Crippen LogP contribution in [0.5, 0.6) is 0 Å². The van der Waals surface area contributed by atoms with Crippen molar-refractivity contribution >= 4 is 10.1 Å². The van der Waals surface area contributed by atoms with Crippen molar-refractivity contribution in [2.75, 3.05) is 0 Å². The van der Waals surface area contributed by atoms with E-state index in [1.165, 1.54) is 0 Å². The van der Waals surface area contributed by atoms with Crippen molar-refractivity contribution in [1.29, 1.82) is 0 Å². The smallest absolute Gasteiger partial charge is 0.743 e. The minimum Gasteiger partial charge on any atom is -0.743 e. The van der Waals surface area contributed by atoms with Gasteiger partial charge in [-0.25, -0.2) is 8.42 Å². The molecular weight excluding hydrogens is 209 g/mol. The third kappa shape index (κ3) is 5.97. The van der Waals surface area contributed by atoms with Gasteiger partial charge in [0.05, 0.1) is 0 Å². The molecule has 0 amide bonds. The molecule has 14 heavy (non-hydrogen) atoms. The van der Waals surface area contributed by atoms with Crippen LogP contribution in [0.4, 0.5) is 8.78 Å². The van der Waals surface area contributed by atoms with Crippen molar-refractivity contribution in [2.45, 2.75) is 44.3 Å². The number of hydrogen-bond acceptors (Lipinski definition) is 3. The van der Waals surface area contributed by atoms with E-state index >= 15 is 0 Å². The second-order valence-corrected chi connectivity index (χ2v) is 4.41. The maximum Gasteiger partial charge on any atom is 1.00 e. The Morgan fingerprint density at radius 1 is 1.21 bits per heavy atom. The number of rotatable bonds is 6. The molecule has 0 bridgehead atoms. The molecule has 0 atom stereocenters. The van der Waals surface area contributed by atoms with Crippen LogP contribution in [0.3, 0.4) is 0 Å². The summed E-state index contributed by atoms with van der Waals surface area (Å²) in [5.41, 5.74) is 0. The Bertz CT molecular complexity index is 241. The summed E-state index contributed by atoms with van der Waals surface area (Å²) in [6, 6.07) is 0. The topological polar surface area (TPSA) is 57.2 Å². The van der Waals surface area contributed by atoms with Crippen LogP contribution in [0.25, 0.3) is 0 Å². The quantitative estimate of drug-likeness (QED) is 0.332. The van der Waals surface area contributed by atoms with Crippen LogP contribution in [-0.4, -0.2) is 18.2 Å². The van der Waals surface area contributed by atoms with E-state index in [0.29, 0.717) is 6.42 Å². The van der Waals surface area contributed by atoms with Crippen molar-refractivity contribution in [2.24, 2.45) is 0 Å². The molecule has 0 spiro atoms. The fourth-order valence-electron chi connectivity index (χ4n) is 0.883. The minimum atomic E-state index is -5.47. The van der Waals surface area contributed by atoms with Crippen molar-refractivity contribution < 1.29 is 40.6 Å². The summed E-state index contributed by atoms with van der Waals surface area (Å²) in [6.45, 7) is 1.91. The van der Waals surface area contributed by atoms with E-state index in [-0.39, 0.29) is 25.3 Å². The third-order valence-electron chi connectivity index (χ3n) is 1.69. The van der Waals surface area contributed by atoms with Crippen molar-refractivity contribution in [3.05, 3.63) is 0 Å². The first-order chi connectivity index (χ1) is 5.81. The zero-order valence-corrected chi connectivity index (χ0v) is 9.24. The summed E-state index contributed by atoms with van der Waals surface area (Å²) in [5.74, 6) is 0. The Kier molecular flexibility index (Phi) is 8.13. The van der Waals surface area contributed by atoms with E-state index in [0.717, 1.165) is 12.8 Å². The molecule has 0 saturated heterocycles. The number of halogens is 2. The first-order valence-corrected chi connectivity index (χ1v) is 5.55. The summed E-state index contributed by atoms with van der Waals surface area (Å²) in [7, 11) is -5.47. The van der Waals surface area contributed by atoms with Gasteiger partial charge in [0.15, 0.2) is 10.1 Å². The van der Waals surface area contributed by atoms with Gasteiger partial charge in [0.1, 0.15) is 0 Å². The van der Waals surface area contributed by atoms with Crippen molar-refractivity contribution in [1.82, 2.24) is 0 Å². The molecule has 0 N–H and O–H groups in total. The Morgan fingerprint density at radius 2 is 1.71 bits per heavy atom. The van der Waals surface area contributed by atoms with Crippen LogP contribution in [0.1, 0.15) is 39.0 Å². The normalized spacial score (nSPS) is 12.3. The SMILES string of the molecule is CCCCCCC(F)(F)S(=O)(=O)[O-].[Li+]. The van der Waals surface area contributed by atoms with E-state index in [1.807, 2.05) is 6.92 Å². The number of unbranched alkanes of at least 4 members (excludes halogenated alkanes) is 3. The van der Waals surface area contributed by atoms with E-state index in [9.17, 15) is 21.8 Å². The predicted octanol–water partition coefficient (Wildman–Crippen LogP) is -0.901. The summed E-state index contributed by atoms with van der Waals surface area (Å²) >= 11 is 0. The fraction of sp³-hybridized carbons (Fsp3) is 1.00. The Balaban J connectivity index is 0. The molecule has 0 radical (unpaired) electrons. The third-order valence-corrected chi connectivity index (χ3v) is 2.62. The van der Waals surface area contributed by atoms with Gasteiger partial charge >= 0.3 is 24.1 Å². The molecule has 80 valence electrons. The molecule has 0 fully saturated rings. The molecular formula is C7H13F2LiO3S. The summed E-state index contributed by atoms with van der Waals surface area (Å²) in [5, 5.41) is -4.10. The Labute approximate surface area is 95.2 Å². The Hall–Kier alpha value is 0.367. The van der Waals surface area contributed by atoms with Crippen LogP contribution < -0.4 is 18.9 Å². The van der Waals surface area contributed by atoms with Gasteiger partial charge in [-0.05, 0) is 6.42 Å². The maximum absolute atomic E-state index is 12.5. The summed E-state index contributed by atoms with van der Waals surface area (Å²) in [6.07, 6.45) is 1.38. The van der Waals surface area contributed by atoms with E-state index in [1.54, 1.807) is 0 Å². The van der Waals surface area contributed by atoms with Gasteiger partial charge in [0.25, 0.3) is 0 Å². The van der Waals surface area contributed by atoms with Crippen LogP contribution in [-0.2, 0) is 10.1 Å². The largest absolute Gasteiger partial charge is 1.00 e. The van der Waals surface area contributed by atoms with Gasteiger partial charge in [-0.2, -0.15) is 8.78 Å². The second kappa shape index (κ2) is 6.78. The summed E-state index contributed by atoms with van der Waals surface area (Å²) in [4.78, 5) is 0. The van der Waals surface area contributed by atoms with Crippen LogP contribution in [0.15, 0.2) is 0 Å². The molecule has 0 aromatic heterocycles. The molecule has 0 aromatic carbocycles. The molecule has 0 heterocycles. The van der Waals surface area contributed by atoms with Gasteiger partial charge in [-0.3, -0.25) is 0 Å². The molecule has 0 aromatic rings. The standard InChI is InChI=1S/C7H14F2O3S.Li/c1-2-3-4-5-6-7(8,9)13(10,11)12;/h2-6H2,1H3,(H,10,11,12);/q;+1/p-1. The van der Waals surface area contributed by atoms with Gasteiger partial charge in [-0.1, -0.05) is 26.2 Å². The zero-order valence-electron chi connectivity index (χ0n) is 8.42. The fourth-order valence-corrected chi connectivity index (χ4v) is 1.28. The molecule has 0 aliphatic heterocycles. The molecule has 7 heteroatoms. The van der Waals surface area contributed by atoms with E-state index in [4.69, 9.17) is 0 Å². The predicted molar refractivity (Wildman–Crippen MR) is 43.4 cm³/mol. The zero-order chi connectivity index (χ0) is 10.5.